The van der Waals surface area contributed by atoms with Gasteiger partial charge in [0.2, 0.25) is 0 Å². The van der Waals surface area contributed by atoms with Crippen LogP contribution in [-0.2, 0) is 6.42 Å². The molecule has 1 saturated heterocycles. The molecule has 7 nitrogen and oxygen atoms in total. The van der Waals surface area contributed by atoms with Crippen molar-refractivity contribution in [3.8, 4) is 0 Å². The van der Waals surface area contributed by atoms with Crippen molar-refractivity contribution in [1.29, 1.82) is 5.41 Å². The summed E-state index contributed by atoms with van der Waals surface area (Å²) in [6.07, 6.45) is 9.03. The van der Waals surface area contributed by atoms with Crippen LogP contribution in [0.5, 0.6) is 0 Å². The Hall–Kier alpha value is -3.06. The molecule has 2 aromatic heterocycles. The molecule has 4 N–H and O–H groups in total. The second-order valence-electron chi connectivity index (χ2n) is 9.61. The van der Waals surface area contributed by atoms with Crippen molar-refractivity contribution in [3.63, 3.8) is 0 Å². The van der Waals surface area contributed by atoms with Crippen LogP contribution in [0.3, 0.4) is 0 Å². The van der Waals surface area contributed by atoms with E-state index in [1.165, 1.54) is 31.2 Å². The number of pyridine rings is 1. The zero-order valence-corrected chi connectivity index (χ0v) is 20.5. The number of rotatable bonds is 8. The van der Waals surface area contributed by atoms with Crippen molar-refractivity contribution < 1.29 is 0 Å². The lowest BCUT2D eigenvalue weighted by Gasteiger charge is -2.45. The summed E-state index contributed by atoms with van der Waals surface area (Å²) in [5.74, 6) is 0.373. The Labute approximate surface area is 201 Å². The van der Waals surface area contributed by atoms with Gasteiger partial charge in [0.1, 0.15) is 17.4 Å². The Kier molecular flexibility index (Phi) is 7.41. The van der Waals surface area contributed by atoms with Crippen LogP contribution in [-0.4, -0.2) is 37.8 Å². The molecule has 0 radical (unpaired) electrons. The Morgan fingerprint density at radius 1 is 1.26 bits per heavy atom. The lowest BCUT2D eigenvalue weighted by atomic mass is 9.88. The van der Waals surface area contributed by atoms with Crippen LogP contribution in [0.25, 0.3) is 10.9 Å². The average molecular weight is 461 g/mol. The van der Waals surface area contributed by atoms with E-state index in [2.05, 4.69) is 52.8 Å². The van der Waals surface area contributed by atoms with Crippen LogP contribution in [0.4, 0.5) is 0 Å². The second-order valence-corrected chi connectivity index (χ2v) is 9.61. The number of nitrogens with zero attached hydrogens (tertiary/aromatic N) is 3. The number of benzene rings is 1. The Morgan fingerprint density at radius 2 is 2.03 bits per heavy atom. The first-order chi connectivity index (χ1) is 16.4. The van der Waals surface area contributed by atoms with E-state index in [0.29, 0.717) is 35.2 Å². The normalized spacial score (nSPS) is 19.9. The van der Waals surface area contributed by atoms with Crippen LogP contribution in [0.2, 0.25) is 0 Å². The van der Waals surface area contributed by atoms with Crippen molar-refractivity contribution in [1.82, 2.24) is 19.9 Å². The van der Waals surface area contributed by atoms with E-state index in [0.717, 1.165) is 23.7 Å². The predicted octanol–water partition coefficient (Wildman–Crippen LogP) is 4.69. The lowest BCUT2D eigenvalue weighted by molar-refractivity contribution is 0.0496. The summed E-state index contributed by atoms with van der Waals surface area (Å²) in [7, 11) is 0. The topological polar surface area (TPSA) is 112 Å². The molecule has 0 bridgehead atoms. The number of nitrogens with two attached hydrogens (primary N) is 1. The largest absolute Gasteiger partial charge is 0.382 e. The zero-order valence-electron chi connectivity index (χ0n) is 20.5. The average Bonchev–Trinajstić information content (AvgIpc) is 2.81. The Bertz CT molecular complexity index is 1210. The summed E-state index contributed by atoms with van der Waals surface area (Å²) in [6, 6.07) is 11.3. The number of nitrogens with one attached hydrogen (secondary N) is 2. The summed E-state index contributed by atoms with van der Waals surface area (Å²) in [5, 5.41) is 8.73. The second kappa shape index (κ2) is 10.5. The summed E-state index contributed by atoms with van der Waals surface area (Å²) in [5.41, 5.74) is 8.59. The monoisotopic (exact) mass is 460 g/mol. The van der Waals surface area contributed by atoms with Gasteiger partial charge in [0.25, 0.3) is 5.56 Å². The molecule has 3 heterocycles. The SMILES string of the molecule is CCCCC(c1cccc2[nH]c(=O)c(Cc3nccc(C(=N)N)n3)cc12)N1C(C)CCCC1C. The summed E-state index contributed by atoms with van der Waals surface area (Å²) >= 11 is 0. The maximum absolute atomic E-state index is 12.9. The minimum absolute atomic E-state index is 0.109. The molecule has 3 atom stereocenters. The number of amidine groups is 1. The number of piperidine rings is 1. The highest BCUT2D eigenvalue weighted by Gasteiger charge is 2.32. The highest BCUT2D eigenvalue weighted by Crippen LogP contribution is 2.38. The number of fused-ring (bicyclic) bond motifs is 1. The maximum Gasteiger partial charge on any atom is 0.252 e. The van der Waals surface area contributed by atoms with Gasteiger partial charge in [-0.05, 0) is 56.9 Å². The molecule has 1 aromatic carbocycles. The van der Waals surface area contributed by atoms with Crippen LogP contribution >= 0.6 is 0 Å². The number of aromatic amines is 1. The van der Waals surface area contributed by atoms with Crippen LogP contribution < -0.4 is 11.3 Å². The van der Waals surface area contributed by atoms with E-state index in [-0.39, 0.29) is 17.8 Å². The molecule has 34 heavy (non-hydrogen) atoms. The van der Waals surface area contributed by atoms with Crippen molar-refractivity contribution >= 4 is 16.7 Å². The quantitative estimate of drug-likeness (QED) is 0.334. The third kappa shape index (κ3) is 5.04. The van der Waals surface area contributed by atoms with Gasteiger partial charge >= 0.3 is 0 Å². The molecule has 0 spiro atoms. The summed E-state index contributed by atoms with van der Waals surface area (Å²) in [6.45, 7) is 6.95. The number of H-pyrrole nitrogens is 1. The van der Waals surface area contributed by atoms with Gasteiger partial charge in [-0.25, -0.2) is 9.97 Å². The fourth-order valence-corrected chi connectivity index (χ4v) is 5.44. The third-order valence-electron chi connectivity index (χ3n) is 7.14. The number of likely N-dealkylation sites (tertiary alicyclic amines) is 1. The fraction of sp³-hybridized carbons (Fsp3) is 0.481. The standard InChI is InChI=1S/C27H36N6O/c1-4-5-12-24(33-17(2)8-6-9-18(33)3)20-10-7-11-22-21(20)15-19(27(34)32-22)16-25-30-14-13-23(31-25)26(28)29/h7,10-11,13-15,17-18,24H,4-6,8-9,12,16H2,1-3H3,(H3,28,29)(H,32,34). The predicted molar refractivity (Wildman–Crippen MR) is 137 cm³/mol. The van der Waals surface area contributed by atoms with Crippen molar-refractivity contribution in [2.75, 3.05) is 0 Å². The zero-order chi connectivity index (χ0) is 24.2. The summed E-state index contributed by atoms with van der Waals surface area (Å²) in [4.78, 5) is 27.4. The van der Waals surface area contributed by atoms with E-state index in [1.54, 1.807) is 12.3 Å². The van der Waals surface area contributed by atoms with Gasteiger partial charge in [-0.2, -0.15) is 0 Å². The fourth-order valence-electron chi connectivity index (χ4n) is 5.44. The summed E-state index contributed by atoms with van der Waals surface area (Å²) < 4.78 is 0. The molecular formula is C27H36N6O. The van der Waals surface area contributed by atoms with Gasteiger partial charge in [-0.15, -0.1) is 0 Å². The Balaban J connectivity index is 1.78. The Morgan fingerprint density at radius 3 is 2.74 bits per heavy atom. The minimum atomic E-state index is -0.133. The molecule has 4 rings (SSSR count). The van der Waals surface area contributed by atoms with E-state index in [9.17, 15) is 4.79 Å². The molecule has 0 aliphatic carbocycles. The first-order valence-electron chi connectivity index (χ1n) is 12.5. The molecule has 0 saturated carbocycles. The maximum atomic E-state index is 12.9. The van der Waals surface area contributed by atoms with Gasteiger partial charge in [0.05, 0.1) is 0 Å². The van der Waals surface area contributed by atoms with Gasteiger partial charge in [0.15, 0.2) is 0 Å². The molecule has 180 valence electrons. The third-order valence-corrected chi connectivity index (χ3v) is 7.14. The van der Waals surface area contributed by atoms with Crippen LogP contribution in [0.15, 0.2) is 41.3 Å². The number of hydrogen-bond acceptors (Lipinski definition) is 5. The smallest absolute Gasteiger partial charge is 0.252 e. The van der Waals surface area contributed by atoms with E-state index in [4.69, 9.17) is 11.1 Å². The molecule has 0 amide bonds. The molecule has 3 aromatic rings. The molecule has 1 aliphatic heterocycles. The number of nitrogen functional groups attached to an aromatic ring is 1. The molecular weight excluding hydrogens is 424 g/mol. The highest BCUT2D eigenvalue weighted by atomic mass is 16.1. The van der Waals surface area contributed by atoms with Crippen molar-refractivity contribution in [2.45, 2.75) is 83.8 Å². The molecule has 3 unspecified atom stereocenters. The van der Waals surface area contributed by atoms with Crippen LogP contribution in [0, 0.1) is 5.41 Å². The van der Waals surface area contributed by atoms with Crippen molar-refractivity contribution in [2.24, 2.45) is 5.73 Å². The molecule has 1 aliphatic rings. The van der Waals surface area contributed by atoms with Crippen LogP contribution in [0.1, 0.15) is 88.0 Å². The number of hydrogen-bond donors (Lipinski definition) is 3. The molecule has 1 fully saturated rings. The van der Waals surface area contributed by atoms with Crippen molar-refractivity contribution in [3.05, 3.63) is 69.5 Å². The van der Waals surface area contributed by atoms with Gasteiger partial charge in [-0.1, -0.05) is 38.3 Å². The first kappa shape index (κ1) is 24.1. The first-order valence-corrected chi connectivity index (χ1v) is 12.5. The number of aromatic nitrogens is 3. The van der Waals surface area contributed by atoms with Gasteiger partial charge in [-0.3, -0.25) is 15.1 Å². The lowest BCUT2D eigenvalue weighted by Crippen LogP contribution is -2.46. The highest BCUT2D eigenvalue weighted by molar-refractivity contribution is 5.92. The van der Waals surface area contributed by atoms with E-state index < -0.39 is 0 Å². The van der Waals surface area contributed by atoms with E-state index >= 15 is 0 Å². The number of unbranched alkanes of at least 4 members (excludes halogenated alkanes) is 1. The molecule has 7 heteroatoms. The van der Waals surface area contributed by atoms with Gasteiger partial charge in [0, 0.05) is 47.2 Å². The van der Waals surface area contributed by atoms with Gasteiger partial charge < -0.3 is 10.7 Å². The van der Waals surface area contributed by atoms with E-state index in [1.807, 2.05) is 12.1 Å². The minimum Gasteiger partial charge on any atom is -0.382 e.